The number of nitrogens with zero attached hydrogens (tertiary/aromatic N) is 1. The van der Waals surface area contributed by atoms with E-state index in [-0.39, 0.29) is 35.7 Å². The van der Waals surface area contributed by atoms with Crippen LogP contribution in [-0.4, -0.2) is 66.0 Å². The van der Waals surface area contributed by atoms with Gasteiger partial charge in [-0.25, -0.2) is 4.79 Å². The highest BCUT2D eigenvalue weighted by Gasteiger charge is 2.28. The van der Waals surface area contributed by atoms with Crippen molar-refractivity contribution in [1.82, 2.24) is 15.5 Å². The summed E-state index contributed by atoms with van der Waals surface area (Å²) >= 11 is 0. The molecule has 2 aliphatic rings. The standard InChI is InChI=1S/C29H35N3O6/c33-26(20-4-2-1-3-5-20)21-14-18-32(19-15-21)29(37)31-17-16-30-27(34)22-6-10-24(11-7-22)38-25-12-8-23(9-13-25)28(35)36/h1-7,10-11,21,23,25H,8-9,12-19H2,(H,30,34)(H,31,37)(H,35,36)/t23-,25+. The maximum absolute atomic E-state index is 12.6. The van der Waals surface area contributed by atoms with E-state index >= 15 is 0 Å². The van der Waals surface area contributed by atoms with E-state index in [0.717, 1.165) is 0 Å². The Morgan fingerprint density at radius 1 is 0.763 bits per heavy atom. The SMILES string of the molecule is O=C(NCCNC(=O)N1CCC(C(=O)c2ccccc2)CC1)c1ccc(O[C@H]2CC[C@@H](C(=O)O)CC2)cc1. The Balaban J connectivity index is 1.12. The number of benzene rings is 2. The van der Waals surface area contributed by atoms with E-state index in [4.69, 9.17) is 9.84 Å². The van der Waals surface area contributed by atoms with Gasteiger partial charge in [0.25, 0.3) is 5.91 Å². The minimum absolute atomic E-state index is 0.0102. The van der Waals surface area contributed by atoms with Gasteiger partial charge in [0.05, 0.1) is 12.0 Å². The fourth-order valence-corrected chi connectivity index (χ4v) is 5.05. The van der Waals surface area contributed by atoms with Gasteiger partial charge < -0.3 is 25.4 Å². The number of carbonyl (C=O) groups excluding carboxylic acids is 3. The molecular weight excluding hydrogens is 486 g/mol. The molecule has 1 aliphatic carbocycles. The van der Waals surface area contributed by atoms with E-state index < -0.39 is 5.97 Å². The molecule has 1 heterocycles. The summed E-state index contributed by atoms with van der Waals surface area (Å²) in [6.45, 7) is 1.64. The minimum atomic E-state index is -0.741. The Kier molecular flexibility index (Phi) is 9.35. The predicted octanol–water partition coefficient (Wildman–Crippen LogP) is 3.74. The van der Waals surface area contributed by atoms with Gasteiger partial charge in [0, 0.05) is 43.2 Å². The first-order valence-corrected chi connectivity index (χ1v) is 13.3. The van der Waals surface area contributed by atoms with Crippen LogP contribution >= 0.6 is 0 Å². The lowest BCUT2D eigenvalue weighted by Crippen LogP contribution is -2.47. The molecule has 0 bridgehead atoms. The summed E-state index contributed by atoms with van der Waals surface area (Å²) in [7, 11) is 0. The minimum Gasteiger partial charge on any atom is -0.490 e. The topological polar surface area (TPSA) is 125 Å². The molecule has 0 unspecified atom stereocenters. The molecule has 9 nitrogen and oxygen atoms in total. The molecule has 2 fully saturated rings. The number of Topliss-reactive ketones (excluding diaryl/α,β-unsaturated/α-hetero) is 1. The van der Waals surface area contributed by atoms with Crippen molar-refractivity contribution in [3.63, 3.8) is 0 Å². The quantitative estimate of drug-likeness (QED) is 0.341. The van der Waals surface area contributed by atoms with Crippen molar-refractivity contribution in [2.75, 3.05) is 26.2 Å². The number of carbonyl (C=O) groups is 4. The van der Waals surface area contributed by atoms with Gasteiger partial charge in [-0.2, -0.15) is 0 Å². The van der Waals surface area contributed by atoms with Gasteiger partial charge in [0.2, 0.25) is 0 Å². The molecule has 0 spiro atoms. The number of nitrogens with one attached hydrogen (secondary N) is 2. The molecule has 2 aromatic rings. The van der Waals surface area contributed by atoms with Crippen LogP contribution in [0, 0.1) is 11.8 Å². The Labute approximate surface area is 222 Å². The van der Waals surface area contributed by atoms with Crippen LogP contribution in [-0.2, 0) is 4.79 Å². The zero-order valence-corrected chi connectivity index (χ0v) is 21.4. The van der Waals surface area contributed by atoms with Crippen LogP contribution in [0.1, 0.15) is 59.2 Å². The van der Waals surface area contributed by atoms with Gasteiger partial charge >= 0.3 is 12.0 Å². The van der Waals surface area contributed by atoms with E-state index in [1.807, 2.05) is 30.3 Å². The number of hydrogen-bond donors (Lipinski definition) is 3. The highest BCUT2D eigenvalue weighted by atomic mass is 16.5. The van der Waals surface area contributed by atoms with Gasteiger partial charge in [0.1, 0.15) is 5.75 Å². The molecule has 4 rings (SSSR count). The van der Waals surface area contributed by atoms with Crippen molar-refractivity contribution >= 4 is 23.7 Å². The Morgan fingerprint density at radius 3 is 2.03 bits per heavy atom. The largest absolute Gasteiger partial charge is 0.490 e. The second kappa shape index (κ2) is 13.1. The molecule has 1 saturated carbocycles. The molecule has 0 atom stereocenters. The number of piperidine rings is 1. The molecule has 3 N–H and O–H groups in total. The molecule has 0 radical (unpaired) electrons. The third-order valence-electron chi connectivity index (χ3n) is 7.34. The van der Waals surface area contributed by atoms with Gasteiger partial charge in [-0.1, -0.05) is 30.3 Å². The maximum Gasteiger partial charge on any atom is 0.317 e. The zero-order chi connectivity index (χ0) is 26.9. The zero-order valence-electron chi connectivity index (χ0n) is 21.4. The van der Waals surface area contributed by atoms with E-state index in [1.54, 1.807) is 29.2 Å². The van der Waals surface area contributed by atoms with E-state index in [1.165, 1.54) is 0 Å². The highest BCUT2D eigenvalue weighted by molar-refractivity contribution is 5.98. The number of carboxylic acids is 1. The molecule has 38 heavy (non-hydrogen) atoms. The summed E-state index contributed by atoms with van der Waals surface area (Å²) in [5.41, 5.74) is 1.21. The third kappa shape index (κ3) is 7.34. The van der Waals surface area contributed by atoms with Crippen LogP contribution in [0.25, 0.3) is 0 Å². The summed E-state index contributed by atoms with van der Waals surface area (Å²) in [4.78, 5) is 50.3. The lowest BCUT2D eigenvalue weighted by Gasteiger charge is -2.31. The normalized spacial score (nSPS) is 19.8. The monoisotopic (exact) mass is 521 g/mol. The number of ketones is 1. The smallest absolute Gasteiger partial charge is 0.317 e. The van der Waals surface area contributed by atoms with Gasteiger partial charge in [-0.05, 0) is 62.8 Å². The molecule has 202 valence electrons. The van der Waals surface area contributed by atoms with Crippen LogP contribution in [0.5, 0.6) is 5.75 Å². The maximum atomic E-state index is 12.6. The molecule has 1 aliphatic heterocycles. The first kappa shape index (κ1) is 27.2. The predicted molar refractivity (Wildman–Crippen MR) is 141 cm³/mol. The molecule has 2 aromatic carbocycles. The second-order valence-electron chi connectivity index (χ2n) is 9.93. The number of carboxylic acid groups (broad SMARTS) is 1. The van der Waals surface area contributed by atoms with Crippen molar-refractivity contribution in [2.24, 2.45) is 11.8 Å². The van der Waals surface area contributed by atoms with Gasteiger partial charge in [-0.15, -0.1) is 0 Å². The number of aliphatic carboxylic acids is 1. The summed E-state index contributed by atoms with van der Waals surface area (Å²) < 4.78 is 5.95. The first-order valence-electron chi connectivity index (χ1n) is 13.3. The number of urea groups is 1. The van der Waals surface area contributed by atoms with Crippen LogP contribution in [0.4, 0.5) is 4.79 Å². The highest BCUT2D eigenvalue weighted by Crippen LogP contribution is 2.28. The molecule has 3 amide bonds. The molecule has 0 aromatic heterocycles. The fourth-order valence-electron chi connectivity index (χ4n) is 5.05. The lowest BCUT2D eigenvalue weighted by atomic mass is 9.87. The van der Waals surface area contributed by atoms with Gasteiger partial charge in [-0.3, -0.25) is 14.4 Å². The molecule has 9 heteroatoms. The Hall–Kier alpha value is -3.88. The average molecular weight is 522 g/mol. The van der Waals surface area contributed by atoms with Crippen LogP contribution < -0.4 is 15.4 Å². The second-order valence-corrected chi connectivity index (χ2v) is 9.93. The van der Waals surface area contributed by atoms with E-state index in [0.29, 0.717) is 81.6 Å². The summed E-state index contributed by atoms with van der Waals surface area (Å²) in [5.74, 6) is -0.543. The van der Waals surface area contributed by atoms with Crippen molar-refractivity contribution in [3.05, 3.63) is 65.7 Å². The molecular formula is C29H35N3O6. The summed E-state index contributed by atoms with van der Waals surface area (Å²) in [6, 6.07) is 15.9. The van der Waals surface area contributed by atoms with Crippen LogP contribution in [0.3, 0.4) is 0 Å². The Bertz CT molecular complexity index is 1100. The van der Waals surface area contributed by atoms with Crippen molar-refractivity contribution in [3.8, 4) is 5.75 Å². The van der Waals surface area contributed by atoms with Crippen LogP contribution in [0.2, 0.25) is 0 Å². The summed E-state index contributed by atoms with van der Waals surface area (Å²) in [5, 5.41) is 14.7. The summed E-state index contributed by atoms with van der Waals surface area (Å²) in [6.07, 6.45) is 3.90. The lowest BCUT2D eigenvalue weighted by molar-refractivity contribution is -0.143. The number of hydrogen-bond acceptors (Lipinski definition) is 5. The Morgan fingerprint density at radius 2 is 1.39 bits per heavy atom. The number of ether oxygens (including phenoxy) is 1. The molecule has 1 saturated heterocycles. The number of likely N-dealkylation sites (tertiary alicyclic amines) is 1. The van der Waals surface area contributed by atoms with Crippen molar-refractivity contribution < 1.29 is 29.0 Å². The van der Waals surface area contributed by atoms with Gasteiger partial charge in [0.15, 0.2) is 5.78 Å². The fraction of sp³-hybridized carbons (Fsp3) is 0.448. The average Bonchev–Trinajstić information content (AvgIpc) is 2.96. The van der Waals surface area contributed by atoms with Crippen LogP contribution in [0.15, 0.2) is 54.6 Å². The number of rotatable bonds is 9. The first-order chi connectivity index (χ1) is 18.4. The van der Waals surface area contributed by atoms with E-state index in [2.05, 4.69) is 10.6 Å². The third-order valence-corrected chi connectivity index (χ3v) is 7.34. The van der Waals surface area contributed by atoms with Crippen molar-refractivity contribution in [2.45, 2.75) is 44.6 Å². The van der Waals surface area contributed by atoms with Crippen molar-refractivity contribution in [1.29, 1.82) is 0 Å². The van der Waals surface area contributed by atoms with E-state index in [9.17, 15) is 19.2 Å². The number of amides is 3.